The number of amides is 1. The molecule has 1 amide bonds. The number of para-hydroxylation sites is 2. The standard InChI is InChI=1S/C21H25N3O3/c1-23-12-7-13-24(19-11-6-5-10-18(19)23)15-20(25)22-17(21(26)27)14-16-8-3-2-4-9-16/h2-6,8-11,17H,7,12-15H2,1H3,(H,22,25)(H,26,27)/t17-/m0/s1. The van der Waals surface area contributed by atoms with Crippen molar-refractivity contribution in [1.29, 1.82) is 0 Å². The van der Waals surface area contributed by atoms with E-state index in [0.29, 0.717) is 0 Å². The minimum absolute atomic E-state index is 0.142. The quantitative estimate of drug-likeness (QED) is 0.818. The van der Waals surface area contributed by atoms with Gasteiger partial charge in [0.05, 0.1) is 17.9 Å². The third kappa shape index (κ3) is 4.78. The van der Waals surface area contributed by atoms with Gasteiger partial charge in [0, 0.05) is 26.6 Å². The van der Waals surface area contributed by atoms with Gasteiger partial charge >= 0.3 is 5.97 Å². The third-order valence-electron chi connectivity index (χ3n) is 4.81. The van der Waals surface area contributed by atoms with Crippen molar-refractivity contribution in [3.63, 3.8) is 0 Å². The Morgan fingerprint density at radius 3 is 2.41 bits per heavy atom. The number of benzene rings is 2. The number of hydrogen-bond donors (Lipinski definition) is 2. The maximum absolute atomic E-state index is 12.6. The van der Waals surface area contributed by atoms with Crippen LogP contribution in [0, 0.1) is 0 Å². The molecule has 6 heteroatoms. The zero-order chi connectivity index (χ0) is 19.2. The maximum atomic E-state index is 12.6. The fourth-order valence-electron chi connectivity index (χ4n) is 3.42. The fraction of sp³-hybridized carbons (Fsp3) is 0.333. The minimum atomic E-state index is -1.02. The molecule has 142 valence electrons. The molecule has 1 heterocycles. The topological polar surface area (TPSA) is 72.9 Å². The van der Waals surface area contributed by atoms with Crippen LogP contribution in [-0.4, -0.2) is 49.7 Å². The number of hydrogen-bond acceptors (Lipinski definition) is 4. The fourth-order valence-corrected chi connectivity index (χ4v) is 3.42. The molecule has 0 aromatic heterocycles. The smallest absolute Gasteiger partial charge is 0.326 e. The molecule has 2 aromatic rings. The number of fused-ring (bicyclic) bond motifs is 1. The second kappa shape index (κ2) is 8.58. The molecule has 0 unspecified atom stereocenters. The number of carbonyl (C=O) groups excluding carboxylic acids is 1. The van der Waals surface area contributed by atoms with Crippen LogP contribution in [0.1, 0.15) is 12.0 Å². The Kier molecular flexibility index (Phi) is 5.96. The number of carbonyl (C=O) groups is 2. The monoisotopic (exact) mass is 367 g/mol. The van der Waals surface area contributed by atoms with E-state index in [4.69, 9.17) is 0 Å². The Balaban J connectivity index is 1.68. The van der Waals surface area contributed by atoms with Crippen LogP contribution < -0.4 is 15.1 Å². The third-order valence-corrected chi connectivity index (χ3v) is 4.81. The molecule has 0 aliphatic carbocycles. The molecule has 1 atom stereocenters. The molecule has 0 radical (unpaired) electrons. The number of nitrogens with zero attached hydrogens (tertiary/aromatic N) is 2. The average molecular weight is 367 g/mol. The van der Waals surface area contributed by atoms with Crippen LogP contribution in [0.4, 0.5) is 11.4 Å². The first-order valence-electron chi connectivity index (χ1n) is 9.16. The second-order valence-electron chi connectivity index (χ2n) is 6.83. The van der Waals surface area contributed by atoms with Crippen molar-refractivity contribution in [2.45, 2.75) is 18.9 Å². The van der Waals surface area contributed by atoms with Gasteiger partial charge in [-0.3, -0.25) is 4.79 Å². The van der Waals surface area contributed by atoms with Crippen molar-refractivity contribution in [1.82, 2.24) is 5.32 Å². The number of aliphatic carboxylic acids is 1. The Morgan fingerprint density at radius 1 is 1.04 bits per heavy atom. The summed E-state index contributed by atoms with van der Waals surface area (Å²) >= 11 is 0. The second-order valence-corrected chi connectivity index (χ2v) is 6.83. The zero-order valence-electron chi connectivity index (χ0n) is 15.5. The van der Waals surface area contributed by atoms with Crippen LogP contribution in [0.15, 0.2) is 54.6 Å². The van der Waals surface area contributed by atoms with Crippen molar-refractivity contribution >= 4 is 23.3 Å². The van der Waals surface area contributed by atoms with E-state index in [1.54, 1.807) is 0 Å². The summed E-state index contributed by atoms with van der Waals surface area (Å²) in [5, 5.41) is 12.2. The van der Waals surface area contributed by atoms with Crippen molar-refractivity contribution in [3.8, 4) is 0 Å². The molecule has 6 nitrogen and oxygen atoms in total. The van der Waals surface area contributed by atoms with Gasteiger partial charge in [0.1, 0.15) is 6.04 Å². The van der Waals surface area contributed by atoms with Crippen LogP contribution in [0.5, 0.6) is 0 Å². The van der Waals surface area contributed by atoms with Gasteiger partial charge in [0.15, 0.2) is 0 Å². The summed E-state index contributed by atoms with van der Waals surface area (Å²) in [6.07, 6.45) is 1.20. The normalized spacial score (nSPS) is 14.9. The van der Waals surface area contributed by atoms with Gasteiger partial charge < -0.3 is 20.2 Å². The molecule has 27 heavy (non-hydrogen) atoms. The summed E-state index contributed by atoms with van der Waals surface area (Å²) in [5.74, 6) is -1.30. The van der Waals surface area contributed by atoms with Gasteiger partial charge in [-0.1, -0.05) is 42.5 Å². The molecular formula is C21H25N3O3. The Hall–Kier alpha value is -3.02. The summed E-state index contributed by atoms with van der Waals surface area (Å²) in [6, 6.07) is 16.4. The Labute approximate surface area is 159 Å². The molecule has 0 saturated carbocycles. The van der Waals surface area contributed by atoms with Crippen LogP contribution >= 0.6 is 0 Å². The van der Waals surface area contributed by atoms with Crippen LogP contribution in [0.2, 0.25) is 0 Å². The van der Waals surface area contributed by atoms with E-state index >= 15 is 0 Å². The van der Waals surface area contributed by atoms with E-state index in [1.807, 2.05) is 66.5 Å². The van der Waals surface area contributed by atoms with Gasteiger partial charge in [-0.2, -0.15) is 0 Å². The highest BCUT2D eigenvalue weighted by atomic mass is 16.4. The number of carboxylic acids is 1. The summed E-state index contributed by atoms with van der Waals surface area (Å²) in [7, 11) is 2.04. The predicted molar refractivity (Wildman–Crippen MR) is 106 cm³/mol. The van der Waals surface area contributed by atoms with Crippen molar-refractivity contribution < 1.29 is 14.7 Å². The van der Waals surface area contributed by atoms with Crippen molar-refractivity contribution in [2.75, 3.05) is 36.5 Å². The Bertz CT molecular complexity index is 794. The first kappa shape index (κ1) is 18.8. The first-order chi connectivity index (χ1) is 13.0. The van der Waals surface area contributed by atoms with Gasteiger partial charge in [-0.25, -0.2) is 4.79 Å². The molecule has 0 fully saturated rings. The van der Waals surface area contributed by atoms with E-state index in [1.165, 1.54) is 0 Å². The molecule has 2 N–H and O–H groups in total. The van der Waals surface area contributed by atoms with Gasteiger partial charge in [0.25, 0.3) is 0 Å². The van der Waals surface area contributed by atoms with E-state index in [-0.39, 0.29) is 18.9 Å². The number of carboxylic acid groups (broad SMARTS) is 1. The largest absolute Gasteiger partial charge is 0.480 e. The molecule has 3 rings (SSSR count). The lowest BCUT2D eigenvalue weighted by Gasteiger charge is -2.26. The molecule has 0 saturated heterocycles. The highest BCUT2D eigenvalue weighted by Gasteiger charge is 2.24. The van der Waals surface area contributed by atoms with E-state index < -0.39 is 12.0 Å². The van der Waals surface area contributed by atoms with E-state index in [9.17, 15) is 14.7 Å². The minimum Gasteiger partial charge on any atom is -0.480 e. The van der Waals surface area contributed by atoms with Gasteiger partial charge in [-0.15, -0.1) is 0 Å². The number of rotatable bonds is 6. The lowest BCUT2D eigenvalue weighted by molar-refractivity contribution is -0.141. The van der Waals surface area contributed by atoms with Crippen molar-refractivity contribution in [3.05, 3.63) is 60.2 Å². The Morgan fingerprint density at radius 2 is 1.70 bits per heavy atom. The molecular weight excluding hydrogens is 342 g/mol. The van der Waals surface area contributed by atoms with Gasteiger partial charge in [0.2, 0.25) is 5.91 Å². The molecule has 0 bridgehead atoms. The van der Waals surface area contributed by atoms with E-state index in [0.717, 1.165) is 36.4 Å². The summed E-state index contributed by atoms with van der Waals surface area (Å²) < 4.78 is 0. The van der Waals surface area contributed by atoms with Crippen LogP contribution in [0.25, 0.3) is 0 Å². The lowest BCUT2D eigenvalue weighted by atomic mass is 10.1. The highest BCUT2D eigenvalue weighted by molar-refractivity contribution is 5.88. The number of nitrogens with one attached hydrogen (secondary N) is 1. The van der Waals surface area contributed by atoms with E-state index in [2.05, 4.69) is 10.2 Å². The highest BCUT2D eigenvalue weighted by Crippen LogP contribution is 2.30. The van der Waals surface area contributed by atoms with Gasteiger partial charge in [-0.05, 0) is 24.1 Å². The lowest BCUT2D eigenvalue weighted by Crippen LogP contribution is -2.46. The first-order valence-corrected chi connectivity index (χ1v) is 9.16. The average Bonchev–Trinajstić information content (AvgIpc) is 2.82. The predicted octanol–water partition coefficient (Wildman–Crippen LogP) is 2.15. The number of anilines is 2. The molecule has 2 aromatic carbocycles. The SMILES string of the molecule is CN1CCCN(CC(=O)N[C@@H](Cc2ccccc2)C(=O)O)c2ccccc21. The summed E-state index contributed by atoms with van der Waals surface area (Å²) in [6.45, 7) is 1.81. The van der Waals surface area contributed by atoms with Crippen molar-refractivity contribution in [2.24, 2.45) is 0 Å². The maximum Gasteiger partial charge on any atom is 0.326 e. The molecule has 1 aliphatic rings. The molecule has 0 spiro atoms. The molecule has 1 aliphatic heterocycles. The van der Waals surface area contributed by atoms with Crippen LogP contribution in [0.3, 0.4) is 0 Å². The summed E-state index contributed by atoms with van der Waals surface area (Å²) in [5.41, 5.74) is 2.97. The zero-order valence-corrected chi connectivity index (χ0v) is 15.5. The summed E-state index contributed by atoms with van der Waals surface area (Å²) in [4.78, 5) is 28.4. The van der Waals surface area contributed by atoms with Crippen LogP contribution in [-0.2, 0) is 16.0 Å².